The molecule has 0 saturated heterocycles. The fourth-order valence-electron chi connectivity index (χ4n) is 0.440. The van der Waals surface area contributed by atoms with Gasteiger partial charge in [0.2, 0.25) is 0 Å². The summed E-state index contributed by atoms with van der Waals surface area (Å²) in [5.41, 5.74) is 0. The van der Waals surface area contributed by atoms with Crippen molar-refractivity contribution in [1.29, 1.82) is 0 Å². The average molecular weight is 83.1 g/mol. The molecule has 0 aromatic rings. The van der Waals surface area contributed by atoms with E-state index in [-0.39, 0.29) is 0 Å². The quantitative estimate of drug-likeness (QED) is 0.484. The first-order valence-electron chi connectivity index (χ1n) is 2.28. The molecule has 0 aliphatic heterocycles. The smallest absolute Gasteiger partial charge is 0.198 e. The minimum atomic E-state index is 0.681. The molecule has 1 rings (SSSR count). The first kappa shape index (κ1) is 3.85. The van der Waals surface area contributed by atoms with E-state index in [0.29, 0.717) is 6.42 Å². The van der Waals surface area contributed by atoms with Crippen LogP contribution in [0.3, 0.4) is 0 Å². The minimum Gasteiger partial charge on any atom is -0.291 e. The van der Waals surface area contributed by atoms with Gasteiger partial charge in [0, 0.05) is 6.42 Å². The summed E-state index contributed by atoms with van der Waals surface area (Å²) in [4.78, 5) is 9.53. The second kappa shape index (κ2) is 1.41. The Morgan fingerprint density at radius 2 is 2.33 bits per heavy atom. The number of rotatable bonds is 2. The van der Waals surface area contributed by atoms with Crippen LogP contribution in [0.1, 0.15) is 19.3 Å². The molecule has 0 atom stereocenters. The van der Waals surface area contributed by atoms with Crippen LogP contribution in [0.4, 0.5) is 0 Å². The van der Waals surface area contributed by atoms with Crippen molar-refractivity contribution in [2.45, 2.75) is 19.3 Å². The molecule has 1 fully saturated rings. The Labute approximate surface area is 37.4 Å². The maximum Gasteiger partial charge on any atom is 0.198 e. The molecule has 0 spiro atoms. The van der Waals surface area contributed by atoms with Crippen molar-refractivity contribution in [2.24, 2.45) is 5.92 Å². The molecule has 0 aromatic carbocycles. The summed E-state index contributed by atoms with van der Waals surface area (Å²) < 4.78 is 0. The van der Waals surface area contributed by atoms with E-state index >= 15 is 0 Å². The maximum atomic E-state index is 9.53. The van der Waals surface area contributed by atoms with Crippen molar-refractivity contribution in [1.82, 2.24) is 0 Å². The van der Waals surface area contributed by atoms with E-state index in [2.05, 4.69) is 0 Å². The second-order valence-electron chi connectivity index (χ2n) is 1.79. The molecule has 0 aromatic heterocycles. The lowest BCUT2D eigenvalue weighted by Crippen LogP contribution is -1.72. The SMILES string of the molecule is O=[C]CC1CC1. The zero-order valence-corrected chi connectivity index (χ0v) is 3.61. The van der Waals surface area contributed by atoms with Gasteiger partial charge in [0.05, 0.1) is 0 Å². The molecule has 1 saturated carbocycles. The Morgan fingerprint density at radius 3 is 2.50 bits per heavy atom. The topological polar surface area (TPSA) is 17.1 Å². The first-order chi connectivity index (χ1) is 2.93. The van der Waals surface area contributed by atoms with E-state index in [1.807, 2.05) is 6.29 Å². The molecule has 1 aliphatic rings. The predicted octanol–water partition coefficient (Wildman–Crippen LogP) is 0.896. The van der Waals surface area contributed by atoms with Gasteiger partial charge in [-0.15, -0.1) is 0 Å². The molecule has 33 valence electrons. The van der Waals surface area contributed by atoms with Gasteiger partial charge < -0.3 is 0 Å². The maximum absolute atomic E-state index is 9.53. The van der Waals surface area contributed by atoms with Crippen LogP contribution in [0.25, 0.3) is 0 Å². The minimum absolute atomic E-state index is 0.681. The molecule has 0 unspecified atom stereocenters. The van der Waals surface area contributed by atoms with Crippen LogP contribution in [-0.2, 0) is 4.79 Å². The Bertz CT molecular complexity index is 55.0. The molecule has 0 N–H and O–H groups in total. The molecule has 6 heavy (non-hydrogen) atoms. The Kier molecular flexibility index (Phi) is 0.906. The standard InChI is InChI=1S/C5H7O/c6-4-3-5-1-2-5/h5H,1-3H2. The van der Waals surface area contributed by atoms with Crippen LogP contribution in [0.15, 0.2) is 0 Å². The predicted molar refractivity (Wildman–Crippen MR) is 23.0 cm³/mol. The van der Waals surface area contributed by atoms with Crippen molar-refractivity contribution < 1.29 is 4.79 Å². The fourth-order valence-corrected chi connectivity index (χ4v) is 0.440. The molecule has 1 aliphatic carbocycles. The highest BCUT2D eigenvalue weighted by Gasteiger charge is 2.19. The van der Waals surface area contributed by atoms with Crippen LogP contribution in [-0.4, -0.2) is 6.29 Å². The Balaban J connectivity index is 2.00. The van der Waals surface area contributed by atoms with E-state index in [4.69, 9.17) is 0 Å². The van der Waals surface area contributed by atoms with Crippen LogP contribution in [0.5, 0.6) is 0 Å². The third-order valence-electron chi connectivity index (χ3n) is 1.07. The van der Waals surface area contributed by atoms with Gasteiger partial charge in [-0.3, -0.25) is 4.79 Å². The van der Waals surface area contributed by atoms with Gasteiger partial charge in [0.25, 0.3) is 0 Å². The monoisotopic (exact) mass is 83.0 g/mol. The molecule has 0 heterocycles. The summed E-state index contributed by atoms with van der Waals surface area (Å²) in [6, 6.07) is 0. The van der Waals surface area contributed by atoms with E-state index in [1.54, 1.807) is 0 Å². The Morgan fingerprint density at radius 1 is 1.67 bits per heavy atom. The molecular formula is C5H7O. The van der Waals surface area contributed by atoms with Crippen molar-refractivity contribution in [2.75, 3.05) is 0 Å². The lowest BCUT2D eigenvalue weighted by atomic mass is 10.3. The van der Waals surface area contributed by atoms with Gasteiger partial charge in [-0.2, -0.15) is 0 Å². The summed E-state index contributed by atoms with van der Waals surface area (Å²) in [6.07, 6.45) is 5.08. The number of hydrogen-bond donors (Lipinski definition) is 0. The lowest BCUT2D eigenvalue weighted by Gasteiger charge is -1.71. The third-order valence-corrected chi connectivity index (χ3v) is 1.07. The van der Waals surface area contributed by atoms with Gasteiger partial charge in [0.1, 0.15) is 0 Å². The third kappa shape index (κ3) is 0.814. The van der Waals surface area contributed by atoms with Crippen LogP contribution >= 0.6 is 0 Å². The van der Waals surface area contributed by atoms with Crippen LogP contribution in [0, 0.1) is 5.92 Å². The Hall–Kier alpha value is -0.330. The van der Waals surface area contributed by atoms with E-state index in [9.17, 15) is 4.79 Å². The summed E-state index contributed by atoms with van der Waals surface area (Å²) >= 11 is 0. The van der Waals surface area contributed by atoms with Gasteiger partial charge in [0.15, 0.2) is 6.29 Å². The molecule has 1 radical (unpaired) electrons. The lowest BCUT2D eigenvalue weighted by molar-refractivity contribution is 0.547. The summed E-state index contributed by atoms with van der Waals surface area (Å²) in [7, 11) is 0. The molecule has 0 amide bonds. The first-order valence-corrected chi connectivity index (χ1v) is 2.28. The number of hydrogen-bond acceptors (Lipinski definition) is 1. The highest BCUT2D eigenvalue weighted by molar-refractivity contribution is 5.51. The van der Waals surface area contributed by atoms with Crippen LogP contribution in [0.2, 0.25) is 0 Å². The fraction of sp³-hybridized carbons (Fsp3) is 0.800. The van der Waals surface area contributed by atoms with Gasteiger partial charge in [-0.1, -0.05) is 0 Å². The van der Waals surface area contributed by atoms with Gasteiger partial charge >= 0.3 is 0 Å². The normalized spacial score (nSPS) is 20.7. The van der Waals surface area contributed by atoms with Gasteiger partial charge in [-0.25, -0.2) is 0 Å². The van der Waals surface area contributed by atoms with Crippen molar-refractivity contribution in [3.63, 3.8) is 0 Å². The summed E-state index contributed by atoms with van der Waals surface area (Å²) in [6.45, 7) is 0. The summed E-state index contributed by atoms with van der Waals surface area (Å²) in [5.74, 6) is 0.725. The van der Waals surface area contributed by atoms with E-state index in [1.165, 1.54) is 12.8 Å². The van der Waals surface area contributed by atoms with Gasteiger partial charge in [-0.05, 0) is 18.8 Å². The van der Waals surface area contributed by atoms with Crippen molar-refractivity contribution in [3.05, 3.63) is 0 Å². The molecule has 1 nitrogen and oxygen atoms in total. The van der Waals surface area contributed by atoms with Crippen LogP contribution < -0.4 is 0 Å². The molecular weight excluding hydrogens is 76.1 g/mol. The van der Waals surface area contributed by atoms with E-state index < -0.39 is 0 Å². The molecule has 0 bridgehead atoms. The van der Waals surface area contributed by atoms with Crippen molar-refractivity contribution in [3.8, 4) is 0 Å². The zero-order valence-electron chi connectivity index (χ0n) is 3.61. The largest absolute Gasteiger partial charge is 0.291 e. The second-order valence-corrected chi connectivity index (χ2v) is 1.79. The highest BCUT2D eigenvalue weighted by Crippen LogP contribution is 2.30. The highest BCUT2D eigenvalue weighted by atomic mass is 16.1. The van der Waals surface area contributed by atoms with Crippen molar-refractivity contribution >= 4 is 6.29 Å². The number of carbonyl (C=O) groups excluding carboxylic acids is 1. The van der Waals surface area contributed by atoms with E-state index in [0.717, 1.165) is 5.92 Å². The molecule has 1 heteroatoms. The summed E-state index contributed by atoms with van der Waals surface area (Å²) in [5, 5.41) is 0. The zero-order chi connectivity index (χ0) is 4.41. The average Bonchev–Trinajstić information content (AvgIpc) is 2.21.